The quantitative estimate of drug-likeness (QED) is 0.444. The largest absolute Gasteiger partial charge is 0.491 e. The smallest absolute Gasteiger partial charge is 0.234 e. The van der Waals surface area contributed by atoms with Crippen LogP contribution in [0.1, 0.15) is 5.56 Å². The Morgan fingerprint density at radius 1 is 0.800 bits per heavy atom. The summed E-state index contributed by atoms with van der Waals surface area (Å²) in [6.07, 6.45) is -0.587. The average Bonchev–Trinajstić information content (AvgIpc) is 2.89. The first-order valence-electron chi connectivity index (χ1n) is 12.0. The maximum Gasteiger partial charge on any atom is 0.234 e. The number of carbonyl (C=O) groups is 1. The molecule has 1 fully saturated rings. The Bertz CT molecular complexity index is 1020. The second kappa shape index (κ2) is 12.9. The third-order valence-electron chi connectivity index (χ3n) is 5.88. The van der Waals surface area contributed by atoms with Gasteiger partial charge in [0.15, 0.2) is 0 Å². The Labute approximate surface area is 206 Å². The molecule has 7 nitrogen and oxygen atoms in total. The molecule has 3 aromatic carbocycles. The SMILES string of the molecule is O=C(CN1CCN(C[C@H](O)COc2ccc(Oc3ccccc3)cc2)CC1)NCc1ccccc1. The van der Waals surface area contributed by atoms with E-state index in [1.807, 2.05) is 84.9 Å². The van der Waals surface area contributed by atoms with E-state index in [0.717, 1.165) is 43.2 Å². The van der Waals surface area contributed by atoms with Crippen LogP contribution in [0.15, 0.2) is 84.9 Å². The predicted molar refractivity (Wildman–Crippen MR) is 136 cm³/mol. The second-order valence-electron chi connectivity index (χ2n) is 8.69. The molecule has 0 radical (unpaired) electrons. The number of para-hydroxylation sites is 1. The number of β-amino-alcohol motifs (C(OH)–C–C–N with tert-alkyl or cyclic N) is 1. The molecule has 0 saturated carbocycles. The molecule has 0 aromatic heterocycles. The first-order chi connectivity index (χ1) is 17.1. The number of nitrogens with zero attached hydrogens (tertiary/aromatic N) is 2. The van der Waals surface area contributed by atoms with E-state index < -0.39 is 6.10 Å². The molecule has 1 saturated heterocycles. The molecule has 1 amide bonds. The number of benzene rings is 3. The Balaban J connectivity index is 1.10. The summed E-state index contributed by atoms with van der Waals surface area (Å²) in [5.41, 5.74) is 1.10. The van der Waals surface area contributed by atoms with Gasteiger partial charge in [0, 0.05) is 39.3 Å². The summed E-state index contributed by atoms with van der Waals surface area (Å²) in [6, 6.07) is 26.9. The van der Waals surface area contributed by atoms with Crippen molar-refractivity contribution in [3.63, 3.8) is 0 Å². The van der Waals surface area contributed by atoms with Gasteiger partial charge in [0.05, 0.1) is 6.54 Å². The molecular formula is C28H33N3O4. The van der Waals surface area contributed by atoms with Crippen molar-refractivity contribution in [3.8, 4) is 17.2 Å². The summed E-state index contributed by atoms with van der Waals surface area (Å²) in [5.74, 6) is 2.24. The van der Waals surface area contributed by atoms with E-state index in [4.69, 9.17) is 9.47 Å². The summed E-state index contributed by atoms with van der Waals surface area (Å²) >= 11 is 0. The van der Waals surface area contributed by atoms with Crippen LogP contribution in [0.2, 0.25) is 0 Å². The van der Waals surface area contributed by atoms with Crippen LogP contribution in [-0.2, 0) is 11.3 Å². The normalized spacial score (nSPS) is 15.3. The molecule has 184 valence electrons. The molecule has 35 heavy (non-hydrogen) atoms. The topological polar surface area (TPSA) is 74.3 Å². The van der Waals surface area contributed by atoms with Crippen LogP contribution in [-0.4, -0.2) is 72.8 Å². The van der Waals surface area contributed by atoms with Crippen molar-refractivity contribution in [3.05, 3.63) is 90.5 Å². The fourth-order valence-corrected chi connectivity index (χ4v) is 3.96. The zero-order chi connectivity index (χ0) is 24.3. The van der Waals surface area contributed by atoms with Gasteiger partial charge in [0.1, 0.15) is 30.0 Å². The van der Waals surface area contributed by atoms with E-state index in [1.54, 1.807) is 0 Å². The molecular weight excluding hydrogens is 442 g/mol. The van der Waals surface area contributed by atoms with Crippen molar-refractivity contribution in [2.45, 2.75) is 12.6 Å². The lowest BCUT2D eigenvalue weighted by Crippen LogP contribution is -2.51. The summed E-state index contributed by atoms with van der Waals surface area (Å²) in [7, 11) is 0. The van der Waals surface area contributed by atoms with Crippen molar-refractivity contribution < 1.29 is 19.4 Å². The molecule has 0 aliphatic carbocycles. The van der Waals surface area contributed by atoms with Gasteiger partial charge in [-0.05, 0) is 42.0 Å². The monoisotopic (exact) mass is 475 g/mol. The molecule has 0 unspecified atom stereocenters. The first-order valence-corrected chi connectivity index (χ1v) is 12.0. The van der Waals surface area contributed by atoms with Gasteiger partial charge in [-0.2, -0.15) is 0 Å². The van der Waals surface area contributed by atoms with Crippen LogP contribution in [0.5, 0.6) is 17.2 Å². The maximum atomic E-state index is 12.2. The molecule has 1 atom stereocenters. The highest BCUT2D eigenvalue weighted by Crippen LogP contribution is 2.23. The number of hydrogen-bond donors (Lipinski definition) is 2. The van der Waals surface area contributed by atoms with Crippen molar-refractivity contribution in [1.82, 2.24) is 15.1 Å². The van der Waals surface area contributed by atoms with Gasteiger partial charge in [-0.25, -0.2) is 0 Å². The zero-order valence-corrected chi connectivity index (χ0v) is 19.9. The Morgan fingerprint density at radius 2 is 1.37 bits per heavy atom. The van der Waals surface area contributed by atoms with Gasteiger partial charge < -0.3 is 19.9 Å². The number of rotatable bonds is 11. The van der Waals surface area contributed by atoms with Gasteiger partial charge in [0.2, 0.25) is 5.91 Å². The van der Waals surface area contributed by atoms with Gasteiger partial charge in [-0.3, -0.25) is 14.6 Å². The van der Waals surface area contributed by atoms with Crippen molar-refractivity contribution >= 4 is 5.91 Å². The van der Waals surface area contributed by atoms with Crippen LogP contribution < -0.4 is 14.8 Å². The highest BCUT2D eigenvalue weighted by molar-refractivity contribution is 5.78. The molecule has 0 spiro atoms. The average molecular weight is 476 g/mol. The number of aliphatic hydroxyl groups excluding tert-OH is 1. The van der Waals surface area contributed by atoms with E-state index in [2.05, 4.69) is 15.1 Å². The maximum absolute atomic E-state index is 12.2. The van der Waals surface area contributed by atoms with Gasteiger partial charge in [0.25, 0.3) is 0 Å². The van der Waals surface area contributed by atoms with Crippen molar-refractivity contribution in [2.75, 3.05) is 45.9 Å². The van der Waals surface area contributed by atoms with Crippen LogP contribution in [0.4, 0.5) is 0 Å². The van der Waals surface area contributed by atoms with Crippen LogP contribution in [0, 0.1) is 0 Å². The Morgan fingerprint density at radius 3 is 2.06 bits per heavy atom. The fourth-order valence-electron chi connectivity index (χ4n) is 3.96. The molecule has 7 heteroatoms. The number of piperazine rings is 1. The molecule has 3 aromatic rings. The first kappa shape index (κ1) is 24.7. The van der Waals surface area contributed by atoms with Crippen LogP contribution >= 0.6 is 0 Å². The highest BCUT2D eigenvalue weighted by Gasteiger charge is 2.21. The fraction of sp³-hybridized carbons (Fsp3) is 0.321. The summed E-state index contributed by atoms with van der Waals surface area (Å²) in [6.45, 7) is 4.95. The number of carbonyl (C=O) groups excluding carboxylic acids is 1. The van der Waals surface area contributed by atoms with Crippen molar-refractivity contribution in [1.29, 1.82) is 0 Å². The minimum atomic E-state index is -0.587. The third-order valence-corrected chi connectivity index (χ3v) is 5.88. The zero-order valence-electron chi connectivity index (χ0n) is 19.9. The highest BCUT2D eigenvalue weighted by atomic mass is 16.5. The van der Waals surface area contributed by atoms with E-state index in [-0.39, 0.29) is 12.5 Å². The molecule has 4 rings (SSSR count). The minimum absolute atomic E-state index is 0.0379. The Hall–Kier alpha value is -3.39. The number of nitrogens with one attached hydrogen (secondary N) is 1. The second-order valence-corrected chi connectivity index (χ2v) is 8.69. The van der Waals surface area contributed by atoms with E-state index in [0.29, 0.717) is 25.4 Å². The van der Waals surface area contributed by atoms with Gasteiger partial charge in [-0.1, -0.05) is 48.5 Å². The standard InChI is InChI=1S/C28H33N3O4/c32-24(22-34-25-11-13-27(14-12-25)35-26-9-5-2-6-10-26)20-30-15-17-31(18-16-30)21-28(33)29-19-23-7-3-1-4-8-23/h1-14,24,32H,15-22H2,(H,29,33)/t24-/m0/s1. The predicted octanol–water partition coefficient (Wildman–Crippen LogP) is 3.15. The molecule has 0 bridgehead atoms. The number of amides is 1. The van der Waals surface area contributed by atoms with E-state index in [9.17, 15) is 9.90 Å². The Kier molecular flexibility index (Phi) is 9.11. The molecule has 1 heterocycles. The minimum Gasteiger partial charge on any atom is -0.491 e. The summed E-state index contributed by atoms with van der Waals surface area (Å²) in [5, 5.41) is 13.4. The molecule has 1 aliphatic heterocycles. The number of aliphatic hydroxyl groups is 1. The lowest BCUT2D eigenvalue weighted by Gasteiger charge is -2.35. The molecule has 2 N–H and O–H groups in total. The number of hydrogen-bond acceptors (Lipinski definition) is 6. The summed E-state index contributed by atoms with van der Waals surface area (Å²) < 4.78 is 11.5. The number of ether oxygens (including phenoxy) is 2. The van der Waals surface area contributed by atoms with Gasteiger partial charge >= 0.3 is 0 Å². The van der Waals surface area contributed by atoms with Crippen LogP contribution in [0.25, 0.3) is 0 Å². The van der Waals surface area contributed by atoms with Crippen molar-refractivity contribution in [2.24, 2.45) is 0 Å². The van der Waals surface area contributed by atoms with Crippen LogP contribution in [0.3, 0.4) is 0 Å². The van der Waals surface area contributed by atoms with Gasteiger partial charge in [-0.15, -0.1) is 0 Å². The lowest BCUT2D eigenvalue weighted by atomic mass is 10.2. The van der Waals surface area contributed by atoms with E-state index in [1.165, 1.54) is 0 Å². The van der Waals surface area contributed by atoms with E-state index >= 15 is 0 Å². The summed E-state index contributed by atoms with van der Waals surface area (Å²) in [4.78, 5) is 16.6. The lowest BCUT2D eigenvalue weighted by molar-refractivity contribution is -0.122. The third kappa shape index (κ3) is 8.40. The molecule has 1 aliphatic rings.